The van der Waals surface area contributed by atoms with Crippen LogP contribution in [0.1, 0.15) is 46.0 Å². The Labute approximate surface area is 117 Å². The predicted octanol–water partition coefficient (Wildman–Crippen LogP) is 1.94. The van der Waals surface area contributed by atoms with E-state index in [0.29, 0.717) is 5.92 Å². The van der Waals surface area contributed by atoms with Gasteiger partial charge in [-0.25, -0.2) is 0 Å². The fourth-order valence-electron chi connectivity index (χ4n) is 2.65. The number of ketones is 1. The van der Waals surface area contributed by atoms with Crippen molar-refractivity contribution in [1.82, 2.24) is 9.80 Å². The Morgan fingerprint density at radius 3 is 2.42 bits per heavy atom. The smallest absolute Gasteiger partial charge is 0.230 e. The SMILES string of the molecule is CCCCN(C)CC1CCN(C(=O)CC(C)=O)CC1. The fraction of sp³-hybridized carbons (Fsp3) is 0.867. The van der Waals surface area contributed by atoms with E-state index in [1.54, 1.807) is 0 Å². The molecule has 1 heterocycles. The summed E-state index contributed by atoms with van der Waals surface area (Å²) < 4.78 is 0. The van der Waals surface area contributed by atoms with Crippen LogP contribution in [0.25, 0.3) is 0 Å². The Morgan fingerprint density at radius 1 is 1.26 bits per heavy atom. The Balaban J connectivity index is 2.25. The fourth-order valence-corrected chi connectivity index (χ4v) is 2.65. The molecule has 0 radical (unpaired) electrons. The summed E-state index contributed by atoms with van der Waals surface area (Å²) in [5, 5.41) is 0. The molecule has 0 aromatic heterocycles. The van der Waals surface area contributed by atoms with E-state index < -0.39 is 0 Å². The number of rotatable bonds is 7. The lowest BCUT2D eigenvalue weighted by atomic mass is 9.96. The summed E-state index contributed by atoms with van der Waals surface area (Å²) >= 11 is 0. The maximum Gasteiger partial charge on any atom is 0.230 e. The van der Waals surface area contributed by atoms with Crippen molar-refractivity contribution < 1.29 is 9.59 Å². The molecule has 0 N–H and O–H groups in total. The van der Waals surface area contributed by atoms with Gasteiger partial charge in [0.1, 0.15) is 5.78 Å². The molecule has 0 saturated carbocycles. The average Bonchev–Trinajstić information content (AvgIpc) is 2.36. The molecule has 1 aliphatic heterocycles. The van der Waals surface area contributed by atoms with Crippen molar-refractivity contribution in [2.24, 2.45) is 5.92 Å². The van der Waals surface area contributed by atoms with Crippen LogP contribution >= 0.6 is 0 Å². The van der Waals surface area contributed by atoms with Crippen LogP contribution in [0.5, 0.6) is 0 Å². The number of hydrogen-bond acceptors (Lipinski definition) is 3. The molecule has 0 aromatic carbocycles. The second-order valence-electron chi connectivity index (χ2n) is 5.82. The Hall–Kier alpha value is -0.900. The molecule has 0 unspecified atom stereocenters. The predicted molar refractivity (Wildman–Crippen MR) is 77.0 cm³/mol. The van der Waals surface area contributed by atoms with Gasteiger partial charge in [-0.15, -0.1) is 0 Å². The zero-order valence-electron chi connectivity index (χ0n) is 12.7. The van der Waals surface area contributed by atoms with E-state index in [2.05, 4.69) is 18.9 Å². The highest BCUT2D eigenvalue weighted by Gasteiger charge is 2.23. The van der Waals surface area contributed by atoms with Crippen LogP contribution < -0.4 is 0 Å². The molecule has 1 amide bonds. The molecule has 1 fully saturated rings. The number of hydrogen-bond donors (Lipinski definition) is 0. The average molecular weight is 268 g/mol. The van der Waals surface area contributed by atoms with E-state index in [-0.39, 0.29) is 18.1 Å². The molecule has 110 valence electrons. The van der Waals surface area contributed by atoms with Crippen LogP contribution in [0.3, 0.4) is 0 Å². The van der Waals surface area contributed by atoms with Crippen LogP contribution in [0.15, 0.2) is 0 Å². The van der Waals surface area contributed by atoms with E-state index in [0.717, 1.165) is 32.5 Å². The lowest BCUT2D eigenvalue weighted by Crippen LogP contribution is -2.41. The molecule has 1 aliphatic rings. The highest BCUT2D eigenvalue weighted by atomic mass is 16.2. The topological polar surface area (TPSA) is 40.6 Å². The van der Waals surface area contributed by atoms with E-state index in [4.69, 9.17) is 0 Å². The minimum atomic E-state index is -0.0357. The first-order valence-electron chi connectivity index (χ1n) is 7.48. The Morgan fingerprint density at radius 2 is 1.89 bits per heavy atom. The summed E-state index contributed by atoms with van der Waals surface area (Å²) in [4.78, 5) is 27.0. The van der Waals surface area contributed by atoms with Crippen molar-refractivity contribution in [2.75, 3.05) is 33.2 Å². The summed E-state index contributed by atoms with van der Waals surface area (Å²) in [6, 6.07) is 0. The molecule has 4 nitrogen and oxygen atoms in total. The number of carbonyl (C=O) groups is 2. The number of unbranched alkanes of at least 4 members (excludes halogenated alkanes) is 1. The molecular formula is C15H28N2O2. The summed E-state index contributed by atoms with van der Waals surface area (Å²) in [5.41, 5.74) is 0. The number of nitrogens with zero attached hydrogens (tertiary/aromatic N) is 2. The first kappa shape index (κ1) is 16.2. The number of amides is 1. The zero-order valence-corrected chi connectivity index (χ0v) is 12.7. The second kappa shape index (κ2) is 8.31. The van der Waals surface area contributed by atoms with Gasteiger partial charge in [0, 0.05) is 19.6 Å². The summed E-state index contributed by atoms with van der Waals surface area (Å²) in [5.74, 6) is 0.667. The Bertz CT molecular complexity index is 297. The lowest BCUT2D eigenvalue weighted by Gasteiger charge is -2.33. The van der Waals surface area contributed by atoms with Gasteiger partial charge >= 0.3 is 0 Å². The normalized spacial score (nSPS) is 16.9. The minimum Gasteiger partial charge on any atom is -0.342 e. The van der Waals surface area contributed by atoms with Gasteiger partial charge < -0.3 is 9.80 Å². The maximum atomic E-state index is 11.8. The van der Waals surface area contributed by atoms with Crippen molar-refractivity contribution in [2.45, 2.75) is 46.0 Å². The minimum absolute atomic E-state index is 0.00490. The van der Waals surface area contributed by atoms with Gasteiger partial charge in [0.05, 0.1) is 6.42 Å². The second-order valence-corrected chi connectivity index (χ2v) is 5.82. The third-order valence-corrected chi connectivity index (χ3v) is 3.83. The van der Waals surface area contributed by atoms with Gasteiger partial charge in [-0.05, 0) is 45.7 Å². The van der Waals surface area contributed by atoms with Crippen LogP contribution in [0.2, 0.25) is 0 Å². The van der Waals surface area contributed by atoms with Crippen molar-refractivity contribution >= 4 is 11.7 Å². The van der Waals surface area contributed by atoms with Crippen LogP contribution in [-0.4, -0.2) is 54.7 Å². The molecule has 0 atom stereocenters. The van der Waals surface area contributed by atoms with E-state index in [1.165, 1.54) is 26.3 Å². The van der Waals surface area contributed by atoms with Crippen molar-refractivity contribution in [3.05, 3.63) is 0 Å². The van der Waals surface area contributed by atoms with Crippen LogP contribution in [0, 0.1) is 5.92 Å². The molecule has 0 bridgehead atoms. The third-order valence-electron chi connectivity index (χ3n) is 3.83. The third kappa shape index (κ3) is 6.19. The lowest BCUT2D eigenvalue weighted by molar-refractivity contribution is -0.136. The first-order chi connectivity index (χ1) is 9.02. The van der Waals surface area contributed by atoms with Gasteiger partial charge in [-0.2, -0.15) is 0 Å². The van der Waals surface area contributed by atoms with Crippen molar-refractivity contribution in [3.63, 3.8) is 0 Å². The summed E-state index contributed by atoms with van der Waals surface area (Å²) in [6.07, 6.45) is 4.70. The number of carbonyl (C=O) groups excluding carboxylic acids is 2. The number of Topliss-reactive ketones (excluding diaryl/α,β-unsaturated/α-hetero) is 1. The maximum absolute atomic E-state index is 11.8. The number of piperidine rings is 1. The molecule has 0 spiro atoms. The molecule has 0 aliphatic carbocycles. The highest BCUT2D eigenvalue weighted by Crippen LogP contribution is 2.18. The van der Waals surface area contributed by atoms with Gasteiger partial charge in [0.2, 0.25) is 5.91 Å². The van der Waals surface area contributed by atoms with Crippen LogP contribution in [-0.2, 0) is 9.59 Å². The monoisotopic (exact) mass is 268 g/mol. The van der Waals surface area contributed by atoms with Gasteiger partial charge in [-0.3, -0.25) is 9.59 Å². The summed E-state index contributed by atoms with van der Waals surface area (Å²) in [6.45, 7) is 7.63. The highest BCUT2D eigenvalue weighted by molar-refractivity contribution is 5.96. The molecule has 1 saturated heterocycles. The van der Waals surface area contributed by atoms with E-state index in [1.807, 2.05) is 4.90 Å². The van der Waals surface area contributed by atoms with Crippen molar-refractivity contribution in [1.29, 1.82) is 0 Å². The molecule has 19 heavy (non-hydrogen) atoms. The van der Waals surface area contributed by atoms with E-state index in [9.17, 15) is 9.59 Å². The molecule has 1 rings (SSSR count). The van der Waals surface area contributed by atoms with E-state index >= 15 is 0 Å². The summed E-state index contributed by atoms with van der Waals surface area (Å²) in [7, 11) is 2.18. The first-order valence-corrected chi connectivity index (χ1v) is 7.48. The van der Waals surface area contributed by atoms with Gasteiger partial charge in [0.15, 0.2) is 0 Å². The Kier molecular flexibility index (Phi) is 7.06. The molecule has 4 heteroatoms. The zero-order chi connectivity index (χ0) is 14.3. The van der Waals surface area contributed by atoms with Gasteiger partial charge in [0.25, 0.3) is 0 Å². The molecular weight excluding hydrogens is 240 g/mol. The standard InChI is InChI=1S/C15H28N2O2/c1-4-5-8-16(3)12-14-6-9-17(10-7-14)15(19)11-13(2)18/h14H,4-12H2,1-3H3. The molecule has 0 aromatic rings. The largest absolute Gasteiger partial charge is 0.342 e. The number of likely N-dealkylation sites (tertiary alicyclic amines) is 1. The van der Waals surface area contributed by atoms with Crippen molar-refractivity contribution in [3.8, 4) is 0 Å². The quantitative estimate of drug-likeness (QED) is 0.663. The van der Waals surface area contributed by atoms with Gasteiger partial charge in [-0.1, -0.05) is 13.3 Å². The van der Waals surface area contributed by atoms with Crippen LogP contribution in [0.4, 0.5) is 0 Å².